The van der Waals surface area contributed by atoms with Gasteiger partial charge in [-0.25, -0.2) is 0 Å². The van der Waals surface area contributed by atoms with E-state index in [2.05, 4.69) is 39.5 Å². The number of hydrogen-bond acceptors (Lipinski definition) is 3. The van der Waals surface area contributed by atoms with E-state index in [4.69, 9.17) is 5.73 Å². The molecule has 4 fully saturated rings. The van der Waals surface area contributed by atoms with Gasteiger partial charge in [0.25, 0.3) is 0 Å². The molecule has 0 aromatic rings. The zero-order chi connectivity index (χ0) is 25.1. The van der Waals surface area contributed by atoms with Gasteiger partial charge in [-0.3, -0.25) is 9.59 Å². The van der Waals surface area contributed by atoms with Gasteiger partial charge in [-0.05, 0) is 98.2 Å². The lowest BCUT2D eigenvalue weighted by Gasteiger charge is -2.70. The van der Waals surface area contributed by atoms with Crippen molar-refractivity contribution in [3.05, 3.63) is 24.3 Å². The number of amides is 1. The lowest BCUT2D eigenvalue weighted by molar-refractivity contribution is -0.209. The molecule has 5 aliphatic rings. The van der Waals surface area contributed by atoms with Crippen LogP contribution in [-0.2, 0) is 9.59 Å². The van der Waals surface area contributed by atoms with Gasteiger partial charge >= 0.3 is 0 Å². The van der Waals surface area contributed by atoms with Gasteiger partial charge in [-0.1, -0.05) is 46.3 Å². The minimum atomic E-state index is -0.270. The van der Waals surface area contributed by atoms with Crippen molar-refractivity contribution in [3.63, 3.8) is 0 Å². The van der Waals surface area contributed by atoms with Crippen molar-refractivity contribution in [1.82, 2.24) is 0 Å². The third kappa shape index (κ3) is 3.07. The fourth-order valence-electron chi connectivity index (χ4n) is 10.2. The second-order valence-electron chi connectivity index (χ2n) is 12.8. The van der Waals surface area contributed by atoms with Crippen molar-refractivity contribution in [3.8, 4) is 6.07 Å². The van der Waals surface area contributed by atoms with E-state index in [9.17, 15) is 14.9 Å². The molecule has 2 N–H and O–H groups in total. The summed E-state index contributed by atoms with van der Waals surface area (Å²) < 4.78 is 0. The zero-order valence-corrected chi connectivity index (χ0v) is 22.0. The lowest BCUT2D eigenvalue weighted by Crippen LogP contribution is -2.65. The molecule has 5 aliphatic carbocycles. The smallest absolute Gasteiger partial charge is 0.223 e. The monoisotopic (exact) mass is 464 g/mol. The van der Waals surface area contributed by atoms with E-state index in [1.165, 1.54) is 0 Å². The first kappa shape index (κ1) is 25.2. The number of carbonyl (C=O) groups is 2. The van der Waals surface area contributed by atoms with Gasteiger partial charge in [0.1, 0.15) is 6.07 Å². The first-order chi connectivity index (χ1) is 16.0. The molecule has 5 rings (SSSR count). The number of hydrogen-bond donors (Lipinski definition) is 1. The molecule has 8 unspecified atom stereocenters. The Labute approximate surface area is 206 Å². The van der Waals surface area contributed by atoms with Crippen LogP contribution in [0.1, 0.15) is 92.4 Å². The standard InChI is InChI=1S/C27H38N2O2.C3H6/c1-16-18-9-11-26(4)21(24(18,2)14-17(15-28)22(16)30)8-7-19-20-6-5-10-27(20,23(29)31)13-12-25(19,26)3;1-3-2/h14,16,18-21H,5-13H2,1-4H3,(H2,29,31);3H,1H2,2H3/t16?,18?,19?,20?,21?,24?,25-,26?,27?;/m1./s1. The molecule has 0 aromatic carbocycles. The number of nitrogens with zero attached hydrogens (tertiary/aromatic N) is 1. The van der Waals surface area contributed by atoms with Crippen LogP contribution in [0.25, 0.3) is 0 Å². The second kappa shape index (κ2) is 8.35. The van der Waals surface area contributed by atoms with Gasteiger partial charge in [0.2, 0.25) is 5.91 Å². The number of Topliss-reactive ketones (excluding diaryl/α,β-unsaturated/α-hetero) is 1. The number of ketones is 1. The van der Waals surface area contributed by atoms with E-state index in [1.54, 1.807) is 6.08 Å². The minimum Gasteiger partial charge on any atom is -0.369 e. The molecular formula is C30H44N2O2. The summed E-state index contributed by atoms with van der Waals surface area (Å²) in [5.41, 5.74) is 6.38. The summed E-state index contributed by atoms with van der Waals surface area (Å²) in [6, 6.07) is 2.22. The molecule has 34 heavy (non-hydrogen) atoms. The Hall–Kier alpha value is -1.89. The summed E-state index contributed by atoms with van der Waals surface area (Å²) in [5, 5.41) is 9.68. The highest BCUT2D eigenvalue weighted by Crippen LogP contribution is 2.75. The Morgan fingerprint density at radius 1 is 1.06 bits per heavy atom. The van der Waals surface area contributed by atoms with E-state index >= 15 is 0 Å². The first-order valence-corrected chi connectivity index (χ1v) is 13.5. The molecule has 0 bridgehead atoms. The third-order valence-electron chi connectivity index (χ3n) is 12.0. The summed E-state index contributed by atoms with van der Waals surface area (Å²) in [6.45, 7) is 14.7. The summed E-state index contributed by atoms with van der Waals surface area (Å²) in [6.07, 6.45) is 13.6. The Kier molecular flexibility index (Phi) is 6.19. The van der Waals surface area contributed by atoms with Crippen molar-refractivity contribution in [2.75, 3.05) is 0 Å². The molecule has 0 saturated heterocycles. The van der Waals surface area contributed by atoms with Gasteiger partial charge in [0.15, 0.2) is 5.78 Å². The van der Waals surface area contributed by atoms with Gasteiger partial charge in [0, 0.05) is 5.92 Å². The van der Waals surface area contributed by atoms with Crippen molar-refractivity contribution < 1.29 is 9.59 Å². The van der Waals surface area contributed by atoms with E-state index < -0.39 is 0 Å². The molecule has 4 heteroatoms. The van der Waals surface area contributed by atoms with Crippen LogP contribution in [0.2, 0.25) is 0 Å². The number of fused-ring (bicyclic) bond motifs is 7. The Morgan fingerprint density at radius 2 is 1.74 bits per heavy atom. The highest BCUT2D eigenvalue weighted by Gasteiger charge is 2.69. The molecule has 0 aliphatic heterocycles. The van der Waals surface area contributed by atoms with Crippen LogP contribution in [0, 0.1) is 62.6 Å². The fourth-order valence-corrected chi connectivity index (χ4v) is 10.2. The molecule has 0 spiro atoms. The Balaban J connectivity index is 0.000000868. The topological polar surface area (TPSA) is 83.9 Å². The average Bonchev–Trinajstić information content (AvgIpc) is 3.23. The second-order valence-corrected chi connectivity index (χ2v) is 12.8. The molecule has 4 nitrogen and oxygen atoms in total. The molecule has 4 saturated carbocycles. The molecule has 186 valence electrons. The SMILES string of the molecule is C=CC.CC1C(=O)C(C#N)=CC2(C)C1CCC1(C)C2CCC2C3CCCC3(C(N)=O)CC[C@]21C. The summed E-state index contributed by atoms with van der Waals surface area (Å²) in [5.74, 6) is 1.72. The van der Waals surface area contributed by atoms with Crippen LogP contribution in [0.5, 0.6) is 0 Å². The predicted molar refractivity (Wildman–Crippen MR) is 135 cm³/mol. The average molecular weight is 465 g/mol. The van der Waals surface area contributed by atoms with Gasteiger partial charge in [-0.15, -0.1) is 6.58 Å². The Bertz CT molecular complexity index is 961. The molecule has 0 radical (unpaired) electrons. The third-order valence-corrected chi connectivity index (χ3v) is 12.0. The van der Waals surface area contributed by atoms with E-state index in [0.29, 0.717) is 29.2 Å². The van der Waals surface area contributed by atoms with Crippen LogP contribution >= 0.6 is 0 Å². The maximum Gasteiger partial charge on any atom is 0.223 e. The highest BCUT2D eigenvalue weighted by atomic mass is 16.1. The van der Waals surface area contributed by atoms with Gasteiger partial charge in [0.05, 0.1) is 11.0 Å². The number of primary amides is 1. The Morgan fingerprint density at radius 3 is 2.35 bits per heavy atom. The number of carbonyl (C=O) groups excluding carboxylic acids is 2. The van der Waals surface area contributed by atoms with Gasteiger partial charge in [-0.2, -0.15) is 5.26 Å². The predicted octanol–water partition coefficient (Wildman–Crippen LogP) is 6.37. The van der Waals surface area contributed by atoms with Crippen molar-refractivity contribution in [2.45, 2.75) is 92.4 Å². The zero-order valence-electron chi connectivity index (χ0n) is 22.0. The van der Waals surface area contributed by atoms with Crippen LogP contribution in [0.4, 0.5) is 0 Å². The number of rotatable bonds is 1. The molecule has 9 atom stereocenters. The maximum absolute atomic E-state index is 12.8. The van der Waals surface area contributed by atoms with Crippen LogP contribution in [0.3, 0.4) is 0 Å². The molecule has 0 heterocycles. The molecule has 1 amide bonds. The largest absolute Gasteiger partial charge is 0.369 e. The minimum absolute atomic E-state index is 0.0448. The number of nitriles is 1. The van der Waals surface area contributed by atoms with Crippen LogP contribution < -0.4 is 5.73 Å². The first-order valence-electron chi connectivity index (χ1n) is 13.5. The van der Waals surface area contributed by atoms with Crippen molar-refractivity contribution >= 4 is 11.7 Å². The lowest BCUT2D eigenvalue weighted by atomic mass is 9.34. The van der Waals surface area contributed by atoms with E-state index in [0.717, 1.165) is 57.8 Å². The quantitative estimate of drug-likeness (QED) is 0.458. The molecular weight excluding hydrogens is 420 g/mol. The fraction of sp³-hybridized carbons (Fsp3) is 0.767. The molecule has 0 aromatic heterocycles. The summed E-state index contributed by atoms with van der Waals surface area (Å²) >= 11 is 0. The van der Waals surface area contributed by atoms with Gasteiger partial charge < -0.3 is 5.73 Å². The normalized spacial score (nSPS) is 49.0. The summed E-state index contributed by atoms with van der Waals surface area (Å²) in [4.78, 5) is 25.4. The number of nitrogens with two attached hydrogens (primary N) is 1. The van der Waals surface area contributed by atoms with Crippen molar-refractivity contribution in [2.24, 2.45) is 57.0 Å². The van der Waals surface area contributed by atoms with Crippen LogP contribution in [-0.4, -0.2) is 11.7 Å². The summed E-state index contributed by atoms with van der Waals surface area (Å²) in [7, 11) is 0. The maximum atomic E-state index is 12.8. The van der Waals surface area contributed by atoms with Crippen molar-refractivity contribution in [1.29, 1.82) is 5.26 Å². The van der Waals surface area contributed by atoms with E-state index in [-0.39, 0.29) is 39.3 Å². The van der Waals surface area contributed by atoms with E-state index in [1.807, 2.05) is 13.8 Å². The van der Waals surface area contributed by atoms with Crippen LogP contribution in [0.15, 0.2) is 24.3 Å². The highest BCUT2D eigenvalue weighted by molar-refractivity contribution is 6.01. The number of allylic oxidation sites excluding steroid dienone is 3.